The van der Waals surface area contributed by atoms with E-state index in [1.807, 2.05) is 39.9 Å². The average molecular weight is 341 g/mol. The SMILES string of the molecule is O=C(c1ccc(-n2ccnc2)cc1)N1CCC2(CC1)OCCC[C@@H]2O. The lowest BCUT2D eigenvalue weighted by Crippen LogP contribution is -2.56. The van der Waals surface area contributed by atoms with Gasteiger partial charge in [-0.3, -0.25) is 4.79 Å². The lowest BCUT2D eigenvalue weighted by molar-refractivity contribution is -0.174. The Labute approximate surface area is 147 Å². The molecule has 1 spiro atoms. The summed E-state index contributed by atoms with van der Waals surface area (Å²) in [6.07, 6.45) is 8.03. The van der Waals surface area contributed by atoms with E-state index in [-0.39, 0.29) is 5.91 Å². The number of aliphatic hydroxyl groups is 1. The summed E-state index contributed by atoms with van der Waals surface area (Å²) in [4.78, 5) is 18.6. The Morgan fingerprint density at radius 2 is 2.00 bits per heavy atom. The Kier molecular flexibility index (Phi) is 4.31. The van der Waals surface area contributed by atoms with E-state index in [0.717, 1.165) is 18.5 Å². The maximum atomic E-state index is 12.8. The van der Waals surface area contributed by atoms with Crippen LogP contribution in [0.3, 0.4) is 0 Å². The fraction of sp³-hybridized carbons (Fsp3) is 0.474. The number of carbonyl (C=O) groups excluding carboxylic acids is 1. The zero-order valence-corrected chi connectivity index (χ0v) is 14.2. The second kappa shape index (κ2) is 6.61. The van der Waals surface area contributed by atoms with Crippen molar-refractivity contribution in [2.45, 2.75) is 37.4 Å². The minimum absolute atomic E-state index is 0.0392. The van der Waals surface area contributed by atoms with E-state index in [1.54, 1.807) is 12.5 Å². The summed E-state index contributed by atoms with van der Waals surface area (Å²) < 4.78 is 7.82. The number of likely N-dealkylation sites (tertiary alicyclic amines) is 1. The molecule has 2 aliphatic heterocycles. The number of ether oxygens (including phenoxy) is 1. The number of aliphatic hydroxyl groups excluding tert-OH is 1. The van der Waals surface area contributed by atoms with Crippen LogP contribution in [0.1, 0.15) is 36.0 Å². The maximum absolute atomic E-state index is 12.8. The molecule has 25 heavy (non-hydrogen) atoms. The topological polar surface area (TPSA) is 67.6 Å². The molecule has 0 radical (unpaired) electrons. The third-order valence-electron chi connectivity index (χ3n) is 5.43. The molecule has 6 nitrogen and oxygen atoms in total. The largest absolute Gasteiger partial charge is 0.390 e. The van der Waals surface area contributed by atoms with E-state index >= 15 is 0 Å². The van der Waals surface area contributed by atoms with Crippen LogP contribution in [0.5, 0.6) is 0 Å². The van der Waals surface area contributed by atoms with Crippen LogP contribution in [-0.4, -0.2) is 56.9 Å². The molecule has 0 saturated carbocycles. The van der Waals surface area contributed by atoms with Crippen LogP contribution in [0.4, 0.5) is 0 Å². The van der Waals surface area contributed by atoms with Crippen molar-refractivity contribution in [1.29, 1.82) is 0 Å². The van der Waals surface area contributed by atoms with Gasteiger partial charge in [0.05, 0.1) is 18.0 Å². The monoisotopic (exact) mass is 341 g/mol. The number of rotatable bonds is 2. The maximum Gasteiger partial charge on any atom is 0.253 e. The molecular formula is C19H23N3O3. The Hall–Kier alpha value is -2.18. The first-order chi connectivity index (χ1) is 12.2. The summed E-state index contributed by atoms with van der Waals surface area (Å²) in [6.45, 7) is 1.96. The third kappa shape index (κ3) is 3.07. The van der Waals surface area contributed by atoms with E-state index in [9.17, 15) is 9.90 Å². The van der Waals surface area contributed by atoms with Crippen molar-refractivity contribution < 1.29 is 14.6 Å². The van der Waals surface area contributed by atoms with Gasteiger partial charge in [-0.05, 0) is 49.9 Å². The fourth-order valence-corrected chi connectivity index (χ4v) is 3.85. The van der Waals surface area contributed by atoms with Gasteiger partial charge in [0.2, 0.25) is 0 Å². The van der Waals surface area contributed by atoms with Crippen LogP contribution in [0, 0.1) is 0 Å². The molecule has 2 aliphatic rings. The summed E-state index contributed by atoms with van der Waals surface area (Å²) in [6, 6.07) is 7.56. The van der Waals surface area contributed by atoms with Crippen molar-refractivity contribution in [3.8, 4) is 5.69 Å². The molecule has 1 aromatic heterocycles. The Bertz CT molecular complexity index is 719. The minimum atomic E-state index is -0.444. The molecule has 0 aliphatic carbocycles. The summed E-state index contributed by atoms with van der Waals surface area (Å²) >= 11 is 0. The molecule has 1 atom stereocenters. The molecular weight excluding hydrogens is 318 g/mol. The van der Waals surface area contributed by atoms with Gasteiger partial charge in [-0.15, -0.1) is 0 Å². The fourth-order valence-electron chi connectivity index (χ4n) is 3.85. The molecule has 4 rings (SSSR count). The highest BCUT2D eigenvalue weighted by Crippen LogP contribution is 2.35. The molecule has 2 fully saturated rings. The first kappa shape index (κ1) is 16.3. The summed E-state index contributed by atoms with van der Waals surface area (Å²) in [5, 5.41) is 10.3. The van der Waals surface area contributed by atoms with Gasteiger partial charge >= 0.3 is 0 Å². The summed E-state index contributed by atoms with van der Waals surface area (Å²) in [5.74, 6) is 0.0392. The number of aromatic nitrogens is 2. The van der Waals surface area contributed by atoms with Crippen molar-refractivity contribution in [3.63, 3.8) is 0 Å². The highest BCUT2D eigenvalue weighted by Gasteiger charge is 2.44. The molecule has 3 heterocycles. The standard InChI is InChI=1S/C19H23N3O3/c23-17-2-1-13-25-19(17)7-10-21(11-8-19)18(24)15-3-5-16(6-4-15)22-12-9-20-14-22/h3-6,9,12,14,17,23H,1-2,7-8,10-11,13H2/t17-/m0/s1. The molecule has 6 heteroatoms. The second-order valence-electron chi connectivity index (χ2n) is 6.88. The second-order valence-corrected chi connectivity index (χ2v) is 6.88. The number of imidazole rings is 1. The zero-order chi connectivity index (χ0) is 17.3. The number of piperidine rings is 1. The predicted molar refractivity (Wildman–Crippen MR) is 92.6 cm³/mol. The summed E-state index contributed by atoms with van der Waals surface area (Å²) in [5.41, 5.74) is 1.22. The van der Waals surface area contributed by atoms with Crippen LogP contribution in [0.2, 0.25) is 0 Å². The minimum Gasteiger partial charge on any atom is -0.390 e. The van der Waals surface area contributed by atoms with E-state index in [4.69, 9.17) is 4.74 Å². The molecule has 0 bridgehead atoms. The Morgan fingerprint density at radius 1 is 1.24 bits per heavy atom. The van der Waals surface area contributed by atoms with E-state index in [2.05, 4.69) is 4.98 Å². The van der Waals surface area contributed by atoms with Crippen molar-refractivity contribution in [3.05, 3.63) is 48.5 Å². The van der Waals surface area contributed by atoms with Crippen LogP contribution in [0.15, 0.2) is 43.0 Å². The number of nitrogens with zero attached hydrogens (tertiary/aromatic N) is 3. The first-order valence-corrected chi connectivity index (χ1v) is 8.88. The lowest BCUT2D eigenvalue weighted by Gasteiger charge is -2.46. The Balaban J connectivity index is 1.42. The van der Waals surface area contributed by atoms with Crippen LogP contribution >= 0.6 is 0 Å². The molecule has 1 N–H and O–H groups in total. The number of carbonyl (C=O) groups is 1. The highest BCUT2D eigenvalue weighted by atomic mass is 16.5. The molecule has 2 aromatic rings. The Morgan fingerprint density at radius 3 is 2.64 bits per heavy atom. The molecule has 132 valence electrons. The van der Waals surface area contributed by atoms with Gasteiger partial charge in [-0.2, -0.15) is 0 Å². The first-order valence-electron chi connectivity index (χ1n) is 8.88. The van der Waals surface area contributed by atoms with Crippen molar-refractivity contribution >= 4 is 5.91 Å². The number of hydrogen-bond donors (Lipinski definition) is 1. The van der Waals surface area contributed by atoms with Gasteiger partial charge in [-0.1, -0.05) is 0 Å². The van der Waals surface area contributed by atoms with Gasteiger partial charge in [0.25, 0.3) is 5.91 Å². The smallest absolute Gasteiger partial charge is 0.253 e. The van der Waals surface area contributed by atoms with Crippen molar-refractivity contribution in [1.82, 2.24) is 14.5 Å². The molecule has 1 aromatic carbocycles. The predicted octanol–water partition coefficient (Wildman–Crippen LogP) is 2.02. The van der Waals surface area contributed by atoms with Gasteiger partial charge in [-0.25, -0.2) is 4.98 Å². The zero-order valence-electron chi connectivity index (χ0n) is 14.2. The normalized spacial score (nSPS) is 22.9. The van der Waals surface area contributed by atoms with Crippen molar-refractivity contribution in [2.24, 2.45) is 0 Å². The van der Waals surface area contributed by atoms with E-state index in [0.29, 0.717) is 38.1 Å². The van der Waals surface area contributed by atoms with Crippen LogP contribution in [0.25, 0.3) is 5.69 Å². The van der Waals surface area contributed by atoms with Gasteiger partial charge in [0, 0.05) is 43.3 Å². The molecule has 0 unspecified atom stereocenters. The average Bonchev–Trinajstić information content (AvgIpc) is 3.19. The number of hydrogen-bond acceptors (Lipinski definition) is 4. The van der Waals surface area contributed by atoms with Gasteiger partial charge in [0.1, 0.15) is 0 Å². The van der Waals surface area contributed by atoms with Gasteiger partial charge < -0.3 is 19.3 Å². The summed E-state index contributed by atoms with van der Waals surface area (Å²) in [7, 11) is 0. The van der Waals surface area contributed by atoms with Crippen LogP contribution < -0.4 is 0 Å². The number of amides is 1. The van der Waals surface area contributed by atoms with E-state index < -0.39 is 11.7 Å². The lowest BCUT2D eigenvalue weighted by atomic mass is 9.82. The van der Waals surface area contributed by atoms with Gasteiger partial charge in [0.15, 0.2) is 0 Å². The quantitative estimate of drug-likeness (QED) is 0.907. The molecule has 1 amide bonds. The molecule has 2 saturated heterocycles. The van der Waals surface area contributed by atoms with Crippen molar-refractivity contribution in [2.75, 3.05) is 19.7 Å². The van der Waals surface area contributed by atoms with Crippen LogP contribution in [-0.2, 0) is 4.74 Å². The number of benzene rings is 1. The third-order valence-corrected chi connectivity index (χ3v) is 5.43. The van der Waals surface area contributed by atoms with E-state index in [1.165, 1.54) is 0 Å². The highest BCUT2D eigenvalue weighted by molar-refractivity contribution is 5.94.